The van der Waals surface area contributed by atoms with Crippen LogP contribution in [0.25, 0.3) is 0 Å². The molecule has 20 heavy (non-hydrogen) atoms. The number of rotatable bonds is 9. The van der Waals surface area contributed by atoms with Gasteiger partial charge >= 0.3 is 0 Å². The number of nitrogens with one attached hydrogen (secondary N) is 1. The minimum absolute atomic E-state index is 0.0632. The minimum atomic E-state index is -0.366. The van der Waals surface area contributed by atoms with E-state index in [0.29, 0.717) is 37.5 Å². The second kappa shape index (κ2) is 9.20. The average Bonchev–Trinajstić information content (AvgIpc) is 2.46. The van der Waals surface area contributed by atoms with Crippen LogP contribution in [0.2, 0.25) is 0 Å². The number of para-hydroxylation sites is 2. The fourth-order valence-electron chi connectivity index (χ4n) is 1.62. The van der Waals surface area contributed by atoms with E-state index < -0.39 is 0 Å². The maximum atomic E-state index is 11.6. The molecule has 0 heterocycles. The van der Waals surface area contributed by atoms with Gasteiger partial charge in [-0.1, -0.05) is 19.1 Å². The molecule has 1 aromatic carbocycles. The topological polar surface area (TPSA) is 67.8 Å². The maximum Gasteiger partial charge on any atom is 0.257 e. The summed E-state index contributed by atoms with van der Waals surface area (Å²) in [5.41, 5.74) is 0. The van der Waals surface area contributed by atoms with Crippen molar-refractivity contribution in [2.75, 3.05) is 19.8 Å². The highest BCUT2D eigenvalue weighted by atomic mass is 16.5. The molecule has 0 saturated heterocycles. The summed E-state index contributed by atoms with van der Waals surface area (Å²) in [6.07, 6.45) is 0.876. The van der Waals surface area contributed by atoms with E-state index in [0.717, 1.165) is 0 Å². The molecule has 112 valence electrons. The van der Waals surface area contributed by atoms with E-state index in [2.05, 4.69) is 5.32 Å². The van der Waals surface area contributed by atoms with E-state index in [1.165, 1.54) is 0 Å². The molecule has 0 aromatic heterocycles. The van der Waals surface area contributed by atoms with Gasteiger partial charge in [0.15, 0.2) is 18.1 Å². The number of hydrogen-bond donors (Lipinski definition) is 2. The molecule has 1 aromatic rings. The third-order valence-electron chi connectivity index (χ3n) is 2.78. The van der Waals surface area contributed by atoms with Crippen molar-refractivity contribution in [2.24, 2.45) is 0 Å². The van der Waals surface area contributed by atoms with Gasteiger partial charge in [0.1, 0.15) is 0 Å². The molecule has 0 bridgehead atoms. The fourth-order valence-corrected chi connectivity index (χ4v) is 1.62. The predicted octanol–water partition coefficient (Wildman–Crippen LogP) is 1.74. The molecule has 1 atom stereocenters. The third-order valence-corrected chi connectivity index (χ3v) is 2.78. The Morgan fingerprint density at radius 2 is 1.90 bits per heavy atom. The molecule has 1 rings (SSSR count). The normalized spacial score (nSPS) is 11.8. The van der Waals surface area contributed by atoms with Crippen molar-refractivity contribution in [1.82, 2.24) is 5.32 Å². The van der Waals surface area contributed by atoms with E-state index in [-0.39, 0.29) is 18.6 Å². The van der Waals surface area contributed by atoms with Crippen LogP contribution >= 0.6 is 0 Å². The Morgan fingerprint density at radius 3 is 2.50 bits per heavy atom. The molecule has 1 amide bonds. The van der Waals surface area contributed by atoms with Crippen LogP contribution in [-0.4, -0.2) is 36.9 Å². The first-order valence-corrected chi connectivity index (χ1v) is 6.96. The molecule has 0 aliphatic heterocycles. The van der Waals surface area contributed by atoms with E-state index in [9.17, 15) is 9.90 Å². The van der Waals surface area contributed by atoms with Crippen molar-refractivity contribution >= 4 is 5.91 Å². The Hall–Kier alpha value is -1.75. The Bertz CT molecular complexity index is 409. The lowest BCUT2D eigenvalue weighted by atomic mass is 10.2. The van der Waals surface area contributed by atoms with Crippen LogP contribution in [0.4, 0.5) is 0 Å². The van der Waals surface area contributed by atoms with Gasteiger partial charge in [-0.25, -0.2) is 0 Å². The van der Waals surface area contributed by atoms with Crippen LogP contribution in [-0.2, 0) is 4.79 Å². The van der Waals surface area contributed by atoms with Crippen molar-refractivity contribution < 1.29 is 19.4 Å². The number of benzene rings is 1. The number of ether oxygens (including phenoxy) is 2. The van der Waals surface area contributed by atoms with Gasteiger partial charge in [-0.3, -0.25) is 4.79 Å². The summed E-state index contributed by atoms with van der Waals surface area (Å²) in [5, 5.41) is 12.1. The third kappa shape index (κ3) is 5.93. The Labute approximate surface area is 119 Å². The first-order chi connectivity index (χ1) is 9.67. The van der Waals surface area contributed by atoms with Crippen molar-refractivity contribution in [3.05, 3.63) is 24.3 Å². The lowest BCUT2D eigenvalue weighted by molar-refractivity contribution is -0.123. The van der Waals surface area contributed by atoms with Crippen molar-refractivity contribution in [3.63, 3.8) is 0 Å². The summed E-state index contributed by atoms with van der Waals surface area (Å²) in [6.45, 7) is 4.72. The van der Waals surface area contributed by atoms with Crippen LogP contribution in [0.15, 0.2) is 24.3 Å². The maximum absolute atomic E-state index is 11.6. The molecule has 5 nitrogen and oxygen atoms in total. The lowest BCUT2D eigenvalue weighted by Crippen LogP contribution is -2.31. The average molecular weight is 281 g/mol. The van der Waals surface area contributed by atoms with E-state index in [1.54, 1.807) is 12.1 Å². The molecule has 5 heteroatoms. The van der Waals surface area contributed by atoms with Crippen molar-refractivity contribution in [2.45, 2.75) is 32.8 Å². The Kier molecular flexibility index (Phi) is 7.50. The summed E-state index contributed by atoms with van der Waals surface area (Å²) in [7, 11) is 0. The van der Waals surface area contributed by atoms with Crippen molar-refractivity contribution in [3.8, 4) is 11.5 Å². The van der Waals surface area contributed by atoms with Gasteiger partial charge in [0.25, 0.3) is 5.91 Å². The number of hydrogen-bond acceptors (Lipinski definition) is 4. The second-order valence-electron chi connectivity index (χ2n) is 4.37. The van der Waals surface area contributed by atoms with Crippen LogP contribution < -0.4 is 14.8 Å². The van der Waals surface area contributed by atoms with Crippen LogP contribution in [0.3, 0.4) is 0 Å². The minimum Gasteiger partial charge on any atom is -0.490 e. The Balaban J connectivity index is 2.33. The smallest absolute Gasteiger partial charge is 0.257 e. The summed E-state index contributed by atoms with van der Waals surface area (Å²) >= 11 is 0. The molecule has 0 spiro atoms. The number of carbonyl (C=O) groups excluding carboxylic acids is 1. The predicted molar refractivity (Wildman–Crippen MR) is 77.0 cm³/mol. The van der Waals surface area contributed by atoms with Crippen LogP contribution in [0, 0.1) is 0 Å². The van der Waals surface area contributed by atoms with Gasteiger partial charge in [-0.2, -0.15) is 0 Å². The SMILES string of the molecule is CCOc1ccccc1OCC(=O)NCCC(O)CC. The molecule has 0 fully saturated rings. The highest BCUT2D eigenvalue weighted by Gasteiger charge is 2.07. The molecule has 0 radical (unpaired) electrons. The van der Waals surface area contributed by atoms with Gasteiger partial charge in [0, 0.05) is 6.54 Å². The largest absolute Gasteiger partial charge is 0.490 e. The molecule has 1 unspecified atom stereocenters. The molecular formula is C15H23NO4. The van der Waals surface area contributed by atoms with Crippen molar-refractivity contribution in [1.29, 1.82) is 0 Å². The van der Waals surface area contributed by atoms with Gasteiger partial charge in [-0.05, 0) is 31.9 Å². The van der Waals surface area contributed by atoms with E-state index in [1.807, 2.05) is 26.0 Å². The number of amides is 1. The zero-order valence-corrected chi connectivity index (χ0v) is 12.1. The van der Waals surface area contributed by atoms with Gasteiger partial charge in [0.2, 0.25) is 0 Å². The number of carbonyl (C=O) groups is 1. The van der Waals surface area contributed by atoms with E-state index >= 15 is 0 Å². The molecule has 0 saturated carbocycles. The number of aliphatic hydroxyl groups is 1. The summed E-state index contributed by atoms with van der Waals surface area (Å²) in [5.74, 6) is 0.974. The van der Waals surface area contributed by atoms with Gasteiger partial charge < -0.3 is 19.9 Å². The van der Waals surface area contributed by atoms with E-state index in [4.69, 9.17) is 9.47 Å². The Morgan fingerprint density at radius 1 is 1.25 bits per heavy atom. The summed E-state index contributed by atoms with van der Waals surface area (Å²) < 4.78 is 10.8. The first-order valence-electron chi connectivity index (χ1n) is 6.96. The van der Waals surface area contributed by atoms with Crippen LogP contribution in [0.5, 0.6) is 11.5 Å². The second-order valence-corrected chi connectivity index (χ2v) is 4.37. The zero-order chi connectivity index (χ0) is 14.8. The molecule has 0 aliphatic rings. The summed E-state index contributed by atoms with van der Waals surface area (Å²) in [4.78, 5) is 11.6. The highest BCUT2D eigenvalue weighted by molar-refractivity contribution is 5.77. The summed E-state index contributed by atoms with van der Waals surface area (Å²) in [6, 6.07) is 7.24. The first kappa shape index (κ1) is 16.3. The molecule has 2 N–H and O–H groups in total. The van der Waals surface area contributed by atoms with Gasteiger partial charge in [0.05, 0.1) is 12.7 Å². The standard InChI is InChI=1S/C15H23NO4/c1-3-12(17)9-10-16-15(18)11-20-14-8-6-5-7-13(14)19-4-2/h5-8,12,17H,3-4,9-11H2,1-2H3,(H,16,18). The quantitative estimate of drug-likeness (QED) is 0.723. The van der Waals surface area contributed by atoms with Crippen LogP contribution in [0.1, 0.15) is 26.7 Å². The molecule has 0 aliphatic carbocycles. The lowest BCUT2D eigenvalue weighted by Gasteiger charge is -2.12. The highest BCUT2D eigenvalue weighted by Crippen LogP contribution is 2.26. The zero-order valence-electron chi connectivity index (χ0n) is 12.1. The van der Waals surface area contributed by atoms with Gasteiger partial charge in [-0.15, -0.1) is 0 Å². The molecular weight excluding hydrogens is 258 g/mol. The number of aliphatic hydroxyl groups excluding tert-OH is 1. The fraction of sp³-hybridized carbons (Fsp3) is 0.533. The monoisotopic (exact) mass is 281 g/mol.